The number of primary sulfonamides is 1. The molecule has 1 rings (SSSR count). The summed E-state index contributed by atoms with van der Waals surface area (Å²) >= 11 is 0. The van der Waals surface area contributed by atoms with Gasteiger partial charge in [-0.3, -0.25) is 4.79 Å². The number of benzene rings is 1. The van der Waals surface area contributed by atoms with Gasteiger partial charge in [0, 0.05) is 5.56 Å². The molecule has 1 aromatic carbocycles. The third kappa shape index (κ3) is 3.79. The van der Waals surface area contributed by atoms with Crippen LogP contribution in [0.15, 0.2) is 23.1 Å². The maximum atomic E-state index is 14.0. The first-order chi connectivity index (χ1) is 9.08. The van der Waals surface area contributed by atoms with Crippen LogP contribution in [0, 0.1) is 17.7 Å². The summed E-state index contributed by atoms with van der Waals surface area (Å²) in [5.74, 6) is 3.40. The van der Waals surface area contributed by atoms with Gasteiger partial charge in [0.15, 0.2) is 0 Å². The lowest BCUT2D eigenvalue weighted by atomic mass is 9.93. The van der Waals surface area contributed by atoms with Gasteiger partial charge in [-0.05, 0) is 38.8 Å². The number of nitrogens with one attached hydrogen (secondary N) is 1. The Bertz CT molecular complexity index is 700. The molecule has 0 aliphatic rings. The molecule has 0 atom stereocenters. The Kier molecular flexibility index (Phi) is 4.53. The number of halogens is 1. The van der Waals surface area contributed by atoms with Crippen molar-refractivity contribution >= 4 is 15.9 Å². The number of carbonyl (C=O) groups is 1. The van der Waals surface area contributed by atoms with Gasteiger partial charge in [0.1, 0.15) is 5.82 Å². The van der Waals surface area contributed by atoms with E-state index in [1.807, 2.05) is 0 Å². The molecule has 5 nitrogen and oxygen atoms in total. The molecule has 0 aromatic heterocycles. The van der Waals surface area contributed by atoms with Crippen LogP contribution < -0.4 is 10.5 Å². The third-order valence-corrected chi connectivity index (χ3v) is 3.52. The molecule has 0 saturated carbocycles. The van der Waals surface area contributed by atoms with Crippen LogP contribution in [0.5, 0.6) is 0 Å². The second kappa shape index (κ2) is 5.61. The minimum Gasteiger partial charge on any atom is -0.336 e. The molecule has 0 heterocycles. The van der Waals surface area contributed by atoms with E-state index in [-0.39, 0.29) is 10.5 Å². The highest BCUT2D eigenvalue weighted by molar-refractivity contribution is 7.89. The topological polar surface area (TPSA) is 89.3 Å². The minimum absolute atomic E-state index is 0.135. The predicted octanol–water partition coefficient (Wildman–Crippen LogP) is 0.848. The molecule has 1 amide bonds. The van der Waals surface area contributed by atoms with E-state index in [0.717, 1.165) is 6.07 Å². The van der Waals surface area contributed by atoms with Crippen LogP contribution in [0.4, 0.5) is 4.39 Å². The van der Waals surface area contributed by atoms with Crippen LogP contribution >= 0.6 is 0 Å². The average Bonchev–Trinajstić information content (AvgIpc) is 2.26. The molecule has 108 valence electrons. The van der Waals surface area contributed by atoms with Crippen molar-refractivity contribution in [3.63, 3.8) is 0 Å². The summed E-state index contributed by atoms with van der Waals surface area (Å²) in [7, 11) is -3.97. The van der Waals surface area contributed by atoms with Crippen LogP contribution in [0.2, 0.25) is 0 Å². The summed E-state index contributed by atoms with van der Waals surface area (Å²) in [5, 5.41) is 7.46. The lowest BCUT2D eigenvalue weighted by Gasteiger charge is -2.26. The molecule has 0 radical (unpaired) electrons. The molecular formula is C13H15FN2O3S. The van der Waals surface area contributed by atoms with E-state index in [2.05, 4.69) is 17.2 Å². The zero-order valence-corrected chi connectivity index (χ0v) is 12.1. The Labute approximate surface area is 117 Å². The number of hydrogen-bond donors (Lipinski definition) is 2. The molecule has 0 unspecified atom stereocenters. The maximum Gasteiger partial charge on any atom is 0.296 e. The van der Waals surface area contributed by atoms with Crippen LogP contribution in [0.1, 0.15) is 26.3 Å². The second-order valence-corrected chi connectivity index (χ2v) is 6.20. The Morgan fingerprint density at radius 3 is 2.45 bits per heavy atom. The first kappa shape index (κ1) is 16.1. The van der Waals surface area contributed by atoms with Crippen molar-refractivity contribution in [2.24, 2.45) is 5.14 Å². The molecule has 20 heavy (non-hydrogen) atoms. The number of rotatable bonds is 3. The van der Waals surface area contributed by atoms with Crippen molar-refractivity contribution in [3.05, 3.63) is 29.6 Å². The normalized spacial score (nSPS) is 11.4. The number of carbonyl (C=O) groups excluding carboxylic acids is 1. The smallest absolute Gasteiger partial charge is 0.296 e. The first-order valence-electron chi connectivity index (χ1n) is 5.65. The SMILES string of the molecule is CC#CC(=O)NC(C)(C)c1ccc(S(N)(=O)=O)cc1F. The lowest BCUT2D eigenvalue weighted by Crippen LogP contribution is -2.41. The molecule has 0 aliphatic carbocycles. The fraction of sp³-hybridized carbons (Fsp3) is 0.308. The van der Waals surface area contributed by atoms with E-state index >= 15 is 0 Å². The lowest BCUT2D eigenvalue weighted by molar-refractivity contribution is -0.117. The number of hydrogen-bond acceptors (Lipinski definition) is 3. The molecule has 3 N–H and O–H groups in total. The first-order valence-corrected chi connectivity index (χ1v) is 7.20. The highest BCUT2D eigenvalue weighted by Gasteiger charge is 2.26. The van der Waals surface area contributed by atoms with E-state index < -0.39 is 27.3 Å². The monoisotopic (exact) mass is 298 g/mol. The molecule has 7 heteroatoms. The van der Waals surface area contributed by atoms with Crippen LogP contribution in [0.3, 0.4) is 0 Å². The van der Waals surface area contributed by atoms with Gasteiger partial charge in [-0.2, -0.15) is 0 Å². The van der Waals surface area contributed by atoms with E-state index in [0.29, 0.717) is 0 Å². The van der Waals surface area contributed by atoms with Crippen molar-refractivity contribution < 1.29 is 17.6 Å². The minimum atomic E-state index is -3.97. The molecule has 0 fully saturated rings. The van der Waals surface area contributed by atoms with Crippen molar-refractivity contribution in [2.75, 3.05) is 0 Å². The molecular weight excluding hydrogens is 283 g/mol. The van der Waals surface area contributed by atoms with Gasteiger partial charge in [-0.1, -0.05) is 12.0 Å². The van der Waals surface area contributed by atoms with Gasteiger partial charge in [-0.25, -0.2) is 17.9 Å². The number of nitrogens with two attached hydrogens (primary N) is 1. The predicted molar refractivity (Wildman–Crippen MR) is 72.4 cm³/mol. The van der Waals surface area contributed by atoms with Crippen LogP contribution in [0.25, 0.3) is 0 Å². The summed E-state index contributed by atoms with van der Waals surface area (Å²) in [5.41, 5.74) is -0.904. The molecule has 0 bridgehead atoms. The van der Waals surface area contributed by atoms with Gasteiger partial charge in [0.2, 0.25) is 10.0 Å². The molecule has 0 saturated heterocycles. The maximum absolute atomic E-state index is 14.0. The molecule has 0 spiro atoms. The van der Waals surface area contributed by atoms with Gasteiger partial charge >= 0.3 is 0 Å². The van der Waals surface area contributed by atoms with E-state index in [9.17, 15) is 17.6 Å². The fourth-order valence-corrected chi connectivity index (χ4v) is 2.20. The fourth-order valence-electron chi connectivity index (χ4n) is 1.68. The standard InChI is InChI=1S/C13H15FN2O3S/c1-4-5-12(17)16-13(2,3)10-7-6-9(8-11(10)14)20(15,18)19/h6-8H,1-3H3,(H,16,17)(H2,15,18,19). The highest BCUT2D eigenvalue weighted by Crippen LogP contribution is 2.24. The van der Waals surface area contributed by atoms with Crippen LogP contribution in [-0.2, 0) is 20.4 Å². The van der Waals surface area contributed by atoms with Crippen LogP contribution in [-0.4, -0.2) is 14.3 Å². The van der Waals surface area contributed by atoms with Crippen molar-refractivity contribution in [1.29, 1.82) is 0 Å². The second-order valence-electron chi connectivity index (χ2n) is 4.64. The summed E-state index contributed by atoms with van der Waals surface area (Å²) < 4.78 is 36.3. The van der Waals surface area contributed by atoms with E-state index in [4.69, 9.17) is 5.14 Å². The largest absolute Gasteiger partial charge is 0.336 e. The van der Waals surface area contributed by atoms with Gasteiger partial charge < -0.3 is 5.32 Å². The molecule has 1 aromatic rings. The van der Waals surface area contributed by atoms with Gasteiger partial charge in [0.25, 0.3) is 5.91 Å². The summed E-state index contributed by atoms with van der Waals surface area (Å²) in [6.45, 7) is 4.67. The number of sulfonamides is 1. The Morgan fingerprint density at radius 1 is 1.40 bits per heavy atom. The van der Waals surface area contributed by atoms with Crippen molar-refractivity contribution in [1.82, 2.24) is 5.32 Å². The van der Waals surface area contributed by atoms with Gasteiger partial charge in [-0.15, -0.1) is 0 Å². The summed E-state index contributed by atoms with van der Waals surface area (Å²) in [6.07, 6.45) is 0. The summed E-state index contributed by atoms with van der Waals surface area (Å²) in [6, 6.07) is 3.28. The third-order valence-electron chi connectivity index (χ3n) is 2.61. The number of amides is 1. The molecule has 0 aliphatic heterocycles. The highest BCUT2D eigenvalue weighted by atomic mass is 32.2. The zero-order chi connectivity index (χ0) is 15.6. The Balaban J connectivity index is 3.19. The van der Waals surface area contributed by atoms with Crippen molar-refractivity contribution in [2.45, 2.75) is 31.2 Å². The quantitative estimate of drug-likeness (QED) is 0.811. The average molecular weight is 298 g/mol. The van der Waals surface area contributed by atoms with Gasteiger partial charge in [0.05, 0.1) is 10.4 Å². The summed E-state index contributed by atoms with van der Waals surface area (Å²) in [4.78, 5) is 11.1. The Hall–Kier alpha value is -1.91. The van der Waals surface area contributed by atoms with Crippen molar-refractivity contribution in [3.8, 4) is 11.8 Å². The zero-order valence-electron chi connectivity index (χ0n) is 11.3. The Morgan fingerprint density at radius 2 is 2.00 bits per heavy atom. The van der Waals surface area contributed by atoms with E-state index in [1.165, 1.54) is 19.1 Å². The van der Waals surface area contributed by atoms with E-state index in [1.54, 1.807) is 13.8 Å².